The smallest absolute Gasteiger partial charge is 0.247 e. The number of sulfonamides is 1. The Kier molecular flexibility index (Phi) is 3.42. The Hall–Kier alpha value is -0.180. The Morgan fingerprint density at radius 2 is 1.73 bits per heavy atom. The molecule has 0 radical (unpaired) electrons. The van der Waals surface area contributed by atoms with Crippen molar-refractivity contribution >= 4 is 19.9 Å². The van der Waals surface area contributed by atoms with Gasteiger partial charge in [0.2, 0.25) is 10.0 Å². The van der Waals surface area contributed by atoms with Crippen molar-refractivity contribution in [2.45, 2.75) is 0 Å². The molecule has 0 unspecified atom stereocenters. The highest BCUT2D eigenvalue weighted by Gasteiger charge is 2.16. The molecule has 0 aromatic heterocycles. The summed E-state index contributed by atoms with van der Waals surface area (Å²) in [6, 6.07) is 0. The van der Waals surface area contributed by atoms with E-state index in [2.05, 4.69) is 4.84 Å². The predicted molar refractivity (Wildman–Crippen MR) is 38.8 cm³/mol. The van der Waals surface area contributed by atoms with Gasteiger partial charge in [-0.2, -0.15) is 0 Å². The monoisotopic (exact) mass is 203 g/mol. The molecule has 0 fully saturated rings. The third-order valence-corrected chi connectivity index (χ3v) is 3.95. The third kappa shape index (κ3) is 6.23. The van der Waals surface area contributed by atoms with Gasteiger partial charge in [-0.15, -0.1) is 0 Å². The third-order valence-electron chi connectivity index (χ3n) is 0.580. The molecule has 8 heteroatoms. The second kappa shape index (κ2) is 3.48. The molecule has 11 heavy (non-hydrogen) atoms. The largest absolute Gasteiger partial charge is 0.290 e. The van der Waals surface area contributed by atoms with Crippen LogP contribution in [0.5, 0.6) is 0 Å². The molecule has 0 aliphatic carbocycles. The first-order valence-corrected chi connectivity index (χ1v) is 6.18. The fourth-order valence-electron chi connectivity index (χ4n) is 0.433. The molecule has 0 aliphatic rings. The van der Waals surface area contributed by atoms with Crippen LogP contribution in [0.25, 0.3) is 0 Å². The number of hydrogen-bond donors (Lipinski definition) is 1. The van der Waals surface area contributed by atoms with Gasteiger partial charge in [0.1, 0.15) is 0 Å². The van der Waals surface area contributed by atoms with E-state index in [9.17, 15) is 16.8 Å². The van der Waals surface area contributed by atoms with Gasteiger partial charge in [-0.1, -0.05) is 4.89 Å². The van der Waals surface area contributed by atoms with E-state index in [0.717, 1.165) is 13.4 Å². The van der Waals surface area contributed by atoms with E-state index in [0.29, 0.717) is 0 Å². The molecule has 0 spiro atoms. The minimum atomic E-state index is -3.85. The lowest BCUT2D eigenvalue weighted by Crippen LogP contribution is -2.28. The van der Waals surface area contributed by atoms with Gasteiger partial charge in [0.05, 0.1) is 7.11 Å². The highest BCUT2D eigenvalue weighted by molar-refractivity contribution is 8.06. The van der Waals surface area contributed by atoms with Gasteiger partial charge >= 0.3 is 0 Å². The first kappa shape index (κ1) is 10.8. The van der Waals surface area contributed by atoms with Gasteiger partial charge in [-0.05, 0) is 0 Å². The fraction of sp³-hybridized carbons (Fsp3) is 1.00. The molecule has 0 amide bonds. The molecule has 1 N–H and O–H groups in total. The van der Waals surface area contributed by atoms with Crippen molar-refractivity contribution in [2.75, 3.05) is 18.5 Å². The standard InChI is InChI=1S/C3H9NO5S2/c1-9-4-11(7,8)3-10(2,5)6/h4H,3H2,1-2H3. The van der Waals surface area contributed by atoms with Crippen LogP contribution in [0.1, 0.15) is 0 Å². The van der Waals surface area contributed by atoms with Gasteiger partial charge in [0, 0.05) is 6.26 Å². The quantitative estimate of drug-likeness (QED) is 0.560. The average molecular weight is 203 g/mol. The zero-order chi connectivity index (χ0) is 9.12. The molecule has 0 aliphatic heterocycles. The predicted octanol–water partition coefficient (Wildman–Crippen LogP) is -1.53. The summed E-state index contributed by atoms with van der Waals surface area (Å²) in [5, 5.41) is -0.964. The van der Waals surface area contributed by atoms with E-state index in [1.807, 2.05) is 0 Å². The summed E-state index contributed by atoms with van der Waals surface area (Å²) in [5.41, 5.74) is 0. The Bertz CT molecular complexity index is 301. The Morgan fingerprint density at radius 3 is 2.00 bits per heavy atom. The molecule has 0 aromatic rings. The lowest BCUT2D eigenvalue weighted by atomic mass is 11.7. The molecule has 68 valence electrons. The number of nitrogens with one attached hydrogen (secondary N) is 1. The van der Waals surface area contributed by atoms with Gasteiger partial charge in [-0.25, -0.2) is 16.8 Å². The summed E-state index contributed by atoms with van der Waals surface area (Å²) in [4.78, 5) is 5.62. The van der Waals surface area contributed by atoms with Gasteiger partial charge < -0.3 is 0 Å². The first-order chi connectivity index (χ1) is 4.77. The molecule has 0 saturated carbocycles. The second-order valence-electron chi connectivity index (χ2n) is 1.95. The molecule has 0 saturated heterocycles. The van der Waals surface area contributed by atoms with E-state index in [1.54, 1.807) is 4.89 Å². The van der Waals surface area contributed by atoms with Crippen LogP contribution in [0.2, 0.25) is 0 Å². The molecule has 0 rings (SSSR count). The fourth-order valence-corrected chi connectivity index (χ4v) is 3.13. The topological polar surface area (TPSA) is 89.5 Å². The Morgan fingerprint density at radius 1 is 1.27 bits per heavy atom. The van der Waals surface area contributed by atoms with E-state index in [4.69, 9.17) is 0 Å². The molecule has 0 atom stereocenters. The summed E-state index contributed by atoms with van der Waals surface area (Å²) < 4.78 is 42.2. The van der Waals surface area contributed by atoms with E-state index in [1.165, 1.54) is 0 Å². The summed E-state index contributed by atoms with van der Waals surface area (Å²) >= 11 is 0. The maximum Gasteiger partial charge on any atom is 0.247 e. The van der Waals surface area contributed by atoms with Crippen molar-refractivity contribution in [3.63, 3.8) is 0 Å². The van der Waals surface area contributed by atoms with Crippen LogP contribution < -0.4 is 4.89 Å². The van der Waals surface area contributed by atoms with E-state index >= 15 is 0 Å². The molecule has 6 nitrogen and oxygen atoms in total. The van der Waals surface area contributed by atoms with Crippen molar-refractivity contribution in [3.8, 4) is 0 Å². The van der Waals surface area contributed by atoms with Crippen LogP contribution in [-0.4, -0.2) is 35.3 Å². The molecular formula is C3H9NO5S2. The summed E-state index contributed by atoms with van der Waals surface area (Å²) in [5.74, 6) is 0. The van der Waals surface area contributed by atoms with Gasteiger partial charge in [0.25, 0.3) is 0 Å². The highest BCUT2D eigenvalue weighted by Crippen LogP contribution is 1.90. The second-order valence-corrected chi connectivity index (χ2v) is 6.14. The minimum absolute atomic E-state index is 0.821. The Balaban J connectivity index is 4.40. The van der Waals surface area contributed by atoms with E-state index in [-0.39, 0.29) is 0 Å². The van der Waals surface area contributed by atoms with Crippen LogP contribution in [0.3, 0.4) is 0 Å². The SMILES string of the molecule is CONS(=O)(=O)CS(C)(=O)=O. The summed E-state index contributed by atoms with van der Waals surface area (Å²) in [7, 11) is -6.30. The minimum Gasteiger partial charge on any atom is -0.290 e. The first-order valence-electron chi connectivity index (χ1n) is 2.47. The lowest BCUT2D eigenvalue weighted by Gasteiger charge is -2.00. The van der Waals surface area contributed by atoms with Crippen molar-refractivity contribution in [1.82, 2.24) is 4.89 Å². The van der Waals surface area contributed by atoms with E-state index < -0.39 is 24.9 Å². The summed E-state index contributed by atoms with van der Waals surface area (Å²) in [6.45, 7) is 0. The van der Waals surface area contributed by atoms with Crippen molar-refractivity contribution in [3.05, 3.63) is 0 Å². The van der Waals surface area contributed by atoms with Crippen LogP contribution in [-0.2, 0) is 24.7 Å². The normalized spacial score (nSPS) is 13.3. The molecular weight excluding hydrogens is 194 g/mol. The lowest BCUT2D eigenvalue weighted by molar-refractivity contribution is 0.154. The maximum absolute atomic E-state index is 10.6. The van der Waals surface area contributed by atoms with Crippen molar-refractivity contribution < 1.29 is 21.7 Å². The van der Waals surface area contributed by atoms with Crippen LogP contribution in [0.15, 0.2) is 0 Å². The van der Waals surface area contributed by atoms with Crippen molar-refractivity contribution in [1.29, 1.82) is 0 Å². The molecule has 0 heterocycles. The average Bonchev–Trinajstić information content (AvgIpc) is 1.55. The number of hydrogen-bond acceptors (Lipinski definition) is 5. The van der Waals surface area contributed by atoms with Gasteiger partial charge in [0.15, 0.2) is 14.9 Å². The zero-order valence-electron chi connectivity index (χ0n) is 6.06. The number of sulfone groups is 1. The van der Waals surface area contributed by atoms with Gasteiger partial charge in [-0.3, -0.25) is 4.84 Å². The van der Waals surface area contributed by atoms with Crippen molar-refractivity contribution in [2.24, 2.45) is 0 Å². The Labute approximate surface area is 65.5 Å². The summed E-state index contributed by atoms with van der Waals surface area (Å²) in [6.07, 6.45) is 0.821. The molecule has 0 bridgehead atoms. The highest BCUT2D eigenvalue weighted by atomic mass is 32.3. The van der Waals surface area contributed by atoms with Crippen LogP contribution in [0, 0.1) is 0 Å². The maximum atomic E-state index is 10.6. The molecule has 0 aromatic carbocycles. The van der Waals surface area contributed by atoms with Crippen LogP contribution >= 0.6 is 0 Å². The number of rotatable bonds is 4. The zero-order valence-corrected chi connectivity index (χ0v) is 7.70. The van der Waals surface area contributed by atoms with Crippen LogP contribution in [0.4, 0.5) is 0 Å².